The molecule has 4 aromatic rings. The first-order valence-corrected chi connectivity index (χ1v) is 13.3. The molecule has 0 aromatic carbocycles. The van der Waals surface area contributed by atoms with Gasteiger partial charge in [-0.15, -0.1) is 0 Å². The molecule has 5 N–H and O–H groups in total. The molecule has 0 radical (unpaired) electrons. The molecular formula is C26H32N10O2. The Morgan fingerprint density at radius 1 is 1.11 bits per heavy atom. The first-order valence-electron chi connectivity index (χ1n) is 13.3. The van der Waals surface area contributed by atoms with Crippen LogP contribution in [0.3, 0.4) is 0 Å². The first kappa shape index (κ1) is 23.5. The Labute approximate surface area is 219 Å². The summed E-state index contributed by atoms with van der Waals surface area (Å²) < 4.78 is 5.87. The summed E-state index contributed by atoms with van der Waals surface area (Å²) in [6, 6.07) is 6.03. The zero-order chi connectivity index (χ0) is 25.9. The number of aromatic amines is 2. The summed E-state index contributed by atoms with van der Waals surface area (Å²) in [5, 5.41) is 25.0. The lowest BCUT2D eigenvalue weighted by atomic mass is 9.73. The summed E-state index contributed by atoms with van der Waals surface area (Å²) in [6.45, 7) is 4.95. The summed E-state index contributed by atoms with van der Waals surface area (Å²) in [7, 11) is 0. The number of nitrogens with zero attached hydrogens (tertiary/aromatic N) is 7. The summed E-state index contributed by atoms with van der Waals surface area (Å²) in [6.07, 6.45) is 5.49. The van der Waals surface area contributed by atoms with Crippen LogP contribution in [0.1, 0.15) is 37.6 Å². The monoisotopic (exact) mass is 516 g/mol. The van der Waals surface area contributed by atoms with Gasteiger partial charge in [-0.1, -0.05) is 0 Å². The number of anilines is 3. The van der Waals surface area contributed by atoms with Gasteiger partial charge in [0.2, 0.25) is 0 Å². The molecule has 2 fully saturated rings. The lowest BCUT2D eigenvalue weighted by Crippen LogP contribution is -2.51. The highest BCUT2D eigenvalue weighted by Crippen LogP contribution is 2.42. The molecule has 7 heterocycles. The molecule has 2 atom stereocenters. The zero-order valence-electron chi connectivity index (χ0n) is 21.4. The maximum atomic E-state index is 10.3. The minimum atomic E-state index is -0.199. The van der Waals surface area contributed by atoms with E-state index in [-0.39, 0.29) is 24.2 Å². The predicted octanol–water partition coefficient (Wildman–Crippen LogP) is 2.05. The molecule has 7 rings (SSSR count). The number of ether oxygens (including phenoxy) is 1. The van der Waals surface area contributed by atoms with Crippen LogP contribution in [0.25, 0.3) is 22.6 Å². The number of H-pyrrole nitrogens is 2. The van der Waals surface area contributed by atoms with Gasteiger partial charge < -0.3 is 25.4 Å². The van der Waals surface area contributed by atoms with Gasteiger partial charge in [0.15, 0.2) is 22.8 Å². The molecule has 198 valence electrons. The van der Waals surface area contributed by atoms with Crippen LogP contribution >= 0.6 is 0 Å². The molecule has 0 unspecified atom stereocenters. The molecule has 12 nitrogen and oxygen atoms in total. The van der Waals surface area contributed by atoms with Crippen molar-refractivity contribution >= 4 is 28.5 Å². The van der Waals surface area contributed by atoms with E-state index in [9.17, 15) is 5.11 Å². The second-order valence-corrected chi connectivity index (χ2v) is 10.7. The molecule has 4 aromatic heterocycles. The number of aryl methyl sites for hydroxylation is 1. The van der Waals surface area contributed by atoms with Gasteiger partial charge in [-0.25, -0.2) is 15.0 Å². The van der Waals surface area contributed by atoms with E-state index in [1.54, 1.807) is 6.20 Å². The van der Waals surface area contributed by atoms with Gasteiger partial charge in [0, 0.05) is 37.3 Å². The molecular weight excluding hydrogens is 484 g/mol. The number of aliphatic hydroxyl groups excluding tert-OH is 1. The second-order valence-electron chi connectivity index (χ2n) is 10.7. The summed E-state index contributed by atoms with van der Waals surface area (Å²) >= 11 is 0. The minimum absolute atomic E-state index is 0.0148. The van der Waals surface area contributed by atoms with E-state index < -0.39 is 0 Å². The molecule has 1 spiro atoms. The van der Waals surface area contributed by atoms with Crippen LogP contribution in [0.15, 0.2) is 24.4 Å². The Morgan fingerprint density at radius 3 is 2.71 bits per heavy atom. The Bertz CT molecular complexity index is 1460. The third kappa shape index (κ3) is 3.66. The van der Waals surface area contributed by atoms with Crippen molar-refractivity contribution in [2.24, 2.45) is 11.1 Å². The lowest BCUT2D eigenvalue weighted by molar-refractivity contribution is 0.0973. The van der Waals surface area contributed by atoms with Crippen molar-refractivity contribution in [2.45, 2.75) is 51.4 Å². The van der Waals surface area contributed by atoms with Crippen molar-refractivity contribution in [2.75, 3.05) is 36.0 Å². The third-order valence-corrected chi connectivity index (χ3v) is 8.55. The second kappa shape index (κ2) is 9.00. The van der Waals surface area contributed by atoms with Crippen LogP contribution in [0, 0.1) is 5.41 Å². The van der Waals surface area contributed by atoms with E-state index in [0.717, 1.165) is 68.1 Å². The van der Waals surface area contributed by atoms with Gasteiger partial charge >= 0.3 is 0 Å². The number of nitrogens with one attached hydrogen (secondary N) is 2. The number of nitrogens with two attached hydrogens (primary N) is 1. The number of fused-ring (bicyclic) bond motifs is 2. The van der Waals surface area contributed by atoms with E-state index in [4.69, 9.17) is 25.4 Å². The number of rotatable bonds is 4. The van der Waals surface area contributed by atoms with Crippen molar-refractivity contribution < 1.29 is 9.84 Å². The Kier molecular flexibility index (Phi) is 5.57. The van der Waals surface area contributed by atoms with Crippen molar-refractivity contribution in [3.05, 3.63) is 35.8 Å². The Morgan fingerprint density at radius 2 is 1.97 bits per heavy atom. The number of hydrogen-bond donors (Lipinski definition) is 4. The SMILES string of the molecule is C[C@@H]1OCC2(CCN(c3nc4[nH]nc(N5CCCc6nc(-c7ccn[nH]7)ccc65)c4nc3CO)CC2)[C@@H]1N. The van der Waals surface area contributed by atoms with Crippen LogP contribution in [-0.2, 0) is 17.8 Å². The number of aliphatic hydroxyl groups is 1. The molecule has 3 aliphatic rings. The quantitative estimate of drug-likeness (QED) is 0.316. The Hall–Kier alpha value is -3.61. The number of piperidine rings is 1. The highest BCUT2D eigenvalue weighted by molar-refractivity contribution is 5.88. The fourth-order valence-electron chi connectivity index (χ4n) is 6.26. The van der Waals surface area contributed by atoms with Crippen LogP contribution in [0.2, 0.25) is 0 Å². The van der Waals surface area contributed by atoms with Crippen LogP contribution in [0.5, 0.6) is 0 Å². The van der Waals surface area contributed by atoms with E-state index in [1.165, 1.54) is 0 Å². The van der Waals surface area contributed by atoms with E-state index in [2.05, 4.69) is 43.2 Å². The highest BCUT2D eigenvalue weighted by Gasteiger charge is 2.47. The third-order valence-electron chi connectivity index (χ3n) is 8.55. The predicted molar refractivity (Wildman–Crippen MR) is 142 cm³/mol. The van der Waals surface area contributed by atoms with Crippen LogP contribution in [-0.4, -0.2) is 78.8 Å². The van der Waals surface area contributed by atoms with Crippen LogP contribution < -0.4 is 15.5 Å². The van der Waals surface area contributed by atoms with Crippen molar-refractivity contribution in [3.63, 3.8) is 0 Å². The van der Waals surface area contributed by atoms with Crippen molar-refractivity contribution in [3.8, 4) is 11.4 Å². The molecule has 2 saturated heterocycles. The van der Waals surface area contributed by atoms with Gasteiger partial charge in [0.25, 0.3) is 0 Å². The maximum absolute atomic E-state index is 10.3. The molecule has 0 aliphatic carbocycles. The fourth-order valence-corrected chi connectivity index (χ4v) is 6.26. The van der Waals surface area contributed by atoms with Crippen molar-refractivity contribution in [1.82, 2.24) is 35.3 Å². The minimum Gasteiger partial charge on any atom is -0.390 e. The lowest BCUT2D eigenvalue weighted by Gasteiger charge is -2.41. The number of aromatic nitrogens is 7. The largest absolute Gasteiger partial charge is 0.390 e. The number of hydrogen-bond acceptors (Lipinski definition) is 10. The number of pyridine rings is 1. The van der Waals surface area contributed by atoms with Gasteiger partial charge in [-0.3, -0.25) is 10.2 Å². The van der Waals surface area contributed by atoms with Gasteiger partial charge in [-0.2, -0.15) is 10.2 Å². The van der Waals surface area contributed by atoms with Gasteiger partial charge in [0.1, 0.15) is 5.69 Å². The zero-order valence-corrected chi connectivity index (χ0v) is 21.4. The van der Waals surface area contributed by atoms with Gasteiger partial charge in [-0.05, 0) is 50.8 Å². The van der Waals surface area contributed by atoms with E-state index in [0.29, 0.717) is 35.1 Å². The summed E-state index contributed by atoms with van der Waals surface area (Å²) in [5.74, 6) is 1.40. The normalized spacial score (nSPS) is 22.9. The molecule has 3 aliphatic heterocycles. The standard InChI is InChI=1S/C26H32N10O2/c1-15-22(27)26(14-38-15)7-11-35(12-8-26)24-19(13-37)30-21-23(31-24)33-34-25(21)36-10-2-3-18-20(36)5-4-16(29-18)17-6-9-28-32-17/h4-6,9,15,22,37H,2-3,7-8,10-14,27H2,1H3,(H,28,32)(H,31,33,34)/t15-,22+/m0/s1. The molecule has 0 bridgehead atoms. The Balaban J connectivity index is 1.19. The van der Waals surface area contributed by atoms with Crippen LogP contribution in [0.4, 0.5) is 17.3 Å². The van der Waals surface area contributed by atoms with Crippen molar-refractivity contribution in [1.29, 1.82) is 0 Å². The maximum Gasteiger partial charge on any atom is 0.183 e. The first-order chi connectivity index (χ1) is 18.6. The molecule has 12 heteroatoms. The van der Waals surface area contributed by atoms with Gasteiger partial charge in [0.05, 0.1) is 42.1 Å². The molecule has 38 heavy (non-hydrogen) atoms. The molecule has 0 saturated carbocycles. The molecule has 0 amide bonds. The smallest absolute Gasteiger partial charge is 0.183 e. The van der Waals surface area contributed by atoms with E-state index in [1.807, 2.05) is 12.1 Å². The summed E-state index contributed by atoms with van der Waals surface area (Å²) in [4.78, 5) is 19.0. The topological polar surface area (TPSA) is 158 Å². The average molecular weight is 517 g/mol. The van der Waals surface area contributed by atoms with E-state index >= 15 is 0 Å². The fraction of sp³-hybridized carbons (Fsp3) is 0.500. The highest BCUT2D eigenvalue weighted by atomic mass is 16.5. The average Bonchev–Trinajstić information content (AvgIpc) is 3.70. The summed E-state index contributed by atoms with van der Waals surface area (Å²) in [5.41, 5.74) is 12.1.